The van der Waals surface area contributed by atoms with Gasteiger partial charge in [0.25, 0.3) is 0 Å². The largest absolute Gasteiger partial charge is 0.389 e. The molecular formula is C15H24N2O2. The van der Waals surface area contributed by atoms with Crippen LogP contribution in [0.5, 0.6) is 0 Å². The van der Waals surface area contributed by atoms with Crippen LogP contribution in [-0.4, -0.2) is 37.0 Å². The first-order valence-corrected chi connectivity index (χ1v) is 6.97. The quantitative estimate of drug-likeness (QED) is 0.849. The van der Waals surface area contributed by atoms with Crippen molar-refractivity contribution in [3.8, 4) is 0 Å². The number of aliphatic hydroxyl groups excluding tert-OH is 1. The van der Waals surface area contributed by atoms with Crippen LogP contribution < -0.4 is 10.6 Å². The van der Waals surface area contributed by atoms with E-state index in [9.17, 15) is 5.11 Å². The van der Waals surface area contributed by atoms with Gasteiger partial charge in [-0.1, -0.05) is 18.2 Å². The van der Waals surface area contributed by atoms with Crippen LogP contribution in [0.15, 0.2) is 24.3 Å². The van der Waals surface area contributed by atoms with E-state index in [4.69, 9.17) is 10.5 Å². The highest BCUT2D eigenvalue weighted by molar-refractivity contribution is 5.56. The van der Waals surface area contributed by atoms with E-state index in [1.54, 1.807) is 0 Å². The predicted molar refractivity (Wildman–Crippen MR) is 77.3 cm³/mol. The van der Waals surface area contributed by atoms with Gasteiger partial charge in [0.1, 0.15) is 0 Å². The zero-order valence-electron chi connectivity index (χ0n) is 11.7. The van der Waals surface area contributed by atoms with E-state index >= 15 is 0 Å². The van der Waals surface area contributed by atoms with Gasteiger partial charge < -0.3 is 20.5 Å². The summed E-state index contributed by atoms with van der Waals surface area (Å²) in [6.07, 6.45) is 0.607. The van der Waals surface area contributed by atoms with Crippen LogP contribution in [0.2, 0.25) is 0 Å². The maximum Gasteiger partial charge on any atom is 0.0948 e. The van der Waals surface area contributed by atoms with Crippen molar-refractivity contribution < 1.29 is 9.84 Å². The van der Waals surface area contributed by atoms with Crippen molar-refractivity contribution in [2.45, 2.75) is 38.5 Å². The Balaban J connectivity index is 2.00. The zero-order chi connectivity index (χ0) is 13.8. The lowest BCUT2D eigenvalue weighted by atomic mass is 9.97. The van der Waals surface area contributed by atoms with Crippen LogP contribution in [0, 0.1) is 0 Å². The molecule has 0 bridgehead atoms. The van der Waals surface area contributed by atoms with Gasteiger partial charge in [0.15, 0.2) is 0 Å². The Bertz CT molecular complexity index is 409. The number of para-hydroxylation sites is 1. The molecule has 1 heterocycles. The fourth-order valence-corrected chi connectivity index (χ4v) is 2.46. The number of anilines is 1. The highest BCUT2D eigenvalue weighted by atomic mass is 16.5. The zero-order valence-corrected chi connectivity index (χ0v) is 11.7. The third-order valence-electron chi connectivity index (χ3n) is 3.44. The molecule has 0 saturated carbocycles. The van der Waals surface area contributed by atoms with E-state index in [-0.39, 0.29) is 12.1 Å². The molecule has 4 nitrogen and oxygen atoms in total. The van der Waals surface area contributed by atoms with Gasteiger partial charge in [0, 0.05) is 24.8 Å². The number of aliphatic hydroxyl groups is 1. The molecule has 1 aromatic carbocycles. The third-order valence-corrected chi connectivity index (χ3v) is 3.44. The lowest BCUT2D eigenvalue weighted by Gasteiger charge is -2.35. The number of β-amino-alcohol motifs (C(OH)–C–C–N with tert-alkyl or cyclic N) is 1. The molecule has 3 N–H and O–H groups in total. The van der Waals surface area contributed by atoms with Crippen molar-refractivity contribution in [3.63, 3.8) is 0 Å². The summed E-state index contributed by atoms with van der Waals surface area (Å²) in [4.78, 5) is 2.20. The number of benzene rings is 1. The molecule has 19 heavy (non-hydrogen) atoms. The number of fused-ring (bicyclic) bond motifs is 1. The van der Waals surface area contributed by atoms with Gasteiger partial charge in [0.2, 0.25) is 0 Å². The van der Waals surface area contributed by atoms with Crippen molar-refractivity contribution >= 4 is 5.69 Å². The minimum atomic E-state index is -0.468. The predicted octanol–water partition coefficient (Wildman–Crippen LogP) is 1.68. The second kappa shape index (κ2) is 6.37. The Kier molecular flexibility index (Phi) is 4.80. The second-order valence-electron chi connectivity index (χ2n) is 5.44. The highest BCUT2D eigenvalue weighted by Crippen LogP contribution is 2.31. The molecule has 0 aliphatic carbocycles. The normalized spacial score (nSPS) is 20.5. The van der Waals surface area contributed by atoms with E-state index < -0.39 is 6.10 Å². The Labute approximate surface area is 115 Å². The maximum absolute atomic E-state index is 10.0. The summed E-state index contributed by atoms with van der Waals surface area (Å²) in [5.41, 5.74) is 8.44. The summed E-state index contributed by atoms with van der Waals surface area (Å²) in [6.45, 7) is 5.81. The van der Waals surface area contributed by atoms with E-state index in [2.05, 4.69) is 17.0 Å². The first-order valence-electron chi connectivity index (χ1n) is 6.97. The van der Waals surface area contributed by atoms with Crippen molar-refractivity contribution in [1.82, 2.24) is 0 Å². The highest BCUT2D eigenvalue weighted by Gasteiger charge is 2.23. The van der Waals surface area contributed by atoms with Gasteiger partial charge in [-0.3, -0.25) is 0 Å². The smallest absolute Gasteiger partial charge is 0.0948 e. The molecule has 0 spiro atoms. The van der Waals surface area contributed by atoms with E-state index in [1.165, 1.54) is 5.56 Å². The van der Waals surface area contributed by atoms with E-state index in [0.717, 1.165) is 18.7 Å². The number of nitrogens with two attached hydrogens (primary N) is 1. The number of hydrogen-bond donors (Lipinski definition) is 2. The number of ether oxygens (including phenoxy) is 1. The summed E-state index contributed by atoms with van der Waals surface area (Å²) >= 11 is 0. The lowest BCUT2D eigenvalue weighted by molar-refractivity contribution is 0.00876. The second-order valence-corrected chi connectivity index (χ2v) is 5.44. The van der Waals surface area contributed by atoms with Gasteiger partial charge in [-0.2, -0.15) is 0 Å². The van der Waals surface area contributed by atoms with Gasteiger partial charge in [-0.15, -0.1) is 0 Å². The molecule has 0 aromatic heterocycles. The average Bonchev–Trinajstić information content (AvgIpc) is 2.40. The number of hydrogen-bond acceptors (Lipinski definition) is 4. The average molecular weight is 264 g/mol. The molecule has 0 saturated heterocycles. The number of nitrogens with zero attached hydrogens (tertiary/aromatic N) is 1. The van der Waals surface area contributed by atoms with Crippen LogP contribution in [0.1, 0.15) is 31.9 Å². The van der Waals surface area contributed by atoms with Gasteiger partial charge in [0.05, 0.1) is 18.8 Å². The standard InChI is InChI=1S/C15H24N2O2/c1-11(2)19-10-12(18)9-17-8-7-14(16)13-5-3-4-6-15(13)17/h3-6,11-12,14,18H,7-10,16H2,1-2H3. The molecule has 0 fully saturated rings. The van der Waals surface area contributed by atoms with Crippen LogP contribution in [-0.2, 0) is 4.74 Å². The van der Waals surface area contributed by atoms with Crippen molar-refractivity contribution in [2.24, 2.45) is 5.73 Å². The van der Waals surface area contributed by atoms with Gasteiger partial charge in [-0.25, -0.2) is 0 Å². The fraction of sp³-hybridized carbons (Fsp3) is 0.600. The molecular weight excluding hydrogens is 240 g/mol. The topological polar surface area (TPSA) is 58.7 Å². The molecule has 1 aromatic rings. The summed E-state index contributed by atoms with van der Waals surface area (Å²) in [5.74, 6) is 0. The molecule has 2 rings (SSSR count). The monoisotopic (exact) mass is 264 g/mol. The first kappa shape index (κ1) is 14.3. The summed E-state index contributed by atoms with van der Waals surface area (Å²) < 4.78 is 5.45. The minimum Gasteiger partial charge on any atom is -0.389 e. The molecule has 0 amide bonds. The molecule has 1 aliphatic heterocycles. The van der Waals surface area contributed by atoms with E-state index in [0.29, 0.717) is 13.2 Å². The molecule has 2 unspecified atom stereocenters. The molecule has 106 valence electrons. The molecule has 2 atom stereocenters. The Morgan fingerprint density at radius 3 is 2.89 bits per heavy atom. The SMILES string of the molecule is CC(C)OCC(O)CN1CCC(N)c2ccccc21. The van der Waals surface area contributed by atoms with Gasteiger partial charge >= 0.3 is 0 Å². The Hall–Kier alpha value is -1.10. The first-order chi connectivity index (χ1) is 9.08. The summed E-state index contributed by atoms with van der Waals surface area (Å²) in [6, 6.07) is 8.28. The number of rotatable bonds is 5. The van der Waals surface area contributed by atoms with Crippen LogP contribution in [0.3, 0.4) is 0 Å². The Morgan fingerprint density at radius 1 is 1.42 bits per heavy atom. The minimum absolute atomic E-state index is 0.108. The van der Waals surface area contributed by atoms with Crippen LogP contribution in [0.4, 0.5) is 5.69 Å². The van der Waals surface area contributed by atoms with Crippen LogP contribution in [0.25, 0.3) is 0 Å². The summed E-state index contributed by atoms with van der Waals surface area (Å²) in [7, 11) is 0. The van der Waals surface area contributed by atoms with Crippen molar-refractivity contribution in [3.05, 3.63) is 29.8 Å². The maximum atomic E-state index is 10.0. The van der Waals surface area contributed by atoms with Crippen molar-refractivity contribution in [2.75, 3.05) is 24.6 Å². The van der Waals surface area contributed by atoms with E-state index in [1.807, 2.05) is 26.0 Å². The van der Waals surface area contributed by atoms with Crippen LogP contribution >= 0.6 is 0 Å². The molecule has 1 aliphatic rings. The van der Waals surface area contributed by atoms with Gasteiger partial charge in [-0.05, 0) is 31.9 Å². The third kappa shape index (κ3) is 3.69. The van der Waals surface area contributed by atoms with Crippen molar-refractivity contribution in [1.29, 1.82) is 0 Å². The molecule has 4 heteroatoms. The lowest BCUT2D eigenvalue weighted by Crippen LogP contribution is -2.40. The Morgan fingerprint density at radius 2 is 2.16 bits per heavy atom. The molecule has 0 radical (unpaired) electrons. The fourth-order valence-electron chi connectivity index (χ4n) is 2.46. The summed E-state index contributed by atoms with van der Waals surface area (Å²) in [5, 5.41) is 10.0.